The average Bonchev–Trinajstić information content (AvgIpc) is 2.31. The summed E-state index contributed by atoms with van der Waals surface area (Å²) >= 11 is 0. The summed E-state index contributed by atoms with van der Waals surface area (Å²) in [6.45, 7) is 4.12. The van der Waals surface area contributed by atoms with E-state index in [9.17, 15) is 0 Å². The van der Waals surface area contributed by atoms with Crippen LogP contribution in [0.5, 0.6) is 0 Å². The molecular weight excluding hydrogens is 162 g/mol. The highest BCUT2D eigenvalue weighted by molar-refractivity contribution is 5.24. The number of nitrogens with one attached hydrogen (secondary N) is 1. The van der Waals surface area contributed by atoms with Crippen molar-refractivity contribution in [2.45, 2.75) is 20.1 Å². The second kappa shape index (κ2) is 4.87. The van der Waals surface area contributed by atoms with Gasteiger partial charge in [-0.2, -0.15) is 0 Å². The fourth-order valence-electron chi connectivity index (χ4n) is 1.03. The molecule has 0 aromatic rings. The Morgan fingerprint density at radius 2 is 2.23 bits per heavy atom. The van der Waals surface area contributed by atoms with Crippen LogP contribution in [0.3, 0.4) is 0 Å². The first kappa shape index (κ1) is 10.1. The van der Waals surface area contributed by atoms with Gasteiger partial charge < -0.3 is 4.74 Å². The van der Waals surface area contributed by atoms with Crippen LogP contribution in [0.1, 0.15) is 13.8 Å². The van der Waals surface area contributed by atoms with Crippen molar-refractivity contribution in [2.24, 2.45) is 5.92 Å². The minimum Gasteiger partial charge on any atom is -0.476 e. The fourth-order valence-corrected chi connectivity index (χ4v) is 1.03. The molecule has 0 fully saturated rings. The standard InChI is InChI=1S/C11H17NO/c1-9-5-4-6-11(8-7-9)13-10(2)12-3/h4-10,12H,1-3H3/t9-,10?/m0/s1. The second-order valence-corrected chi connectivity index (χ2v) is 3.22. The maximum atomic E-state index is 5.58. The summed E-state index contributed by atoms with van der Waals surface area (Å²) in [4.78, 5) is 0. The van der Waals surface area contributed by atoms with Crippen LogP contribution in [0.15, 0.2) is 36.1 Å². The van der Waals surface area contributed by atoms with Gasteiger partial charge in [0.2, 0.25) is 0 Å². The molecule has 0 aromatic carbocycles. The van der Waals surface area contributed by atoms with Gasteiger partial charge in [-0.1, -0.05) is 25.2 Å². The third kappa shape index (κ3) is 3.47. The highest BCUT2D eigenvalue weighted by atomic mass is 16.5. The van der Waals surface area contributed by atoms with E-state index < -0.39 is 0 Å². The summed E-state index contributed by atoms with van der Waals surface area (Å²) in [5.41, 5.74) is 0. The number of ether oxygens (including phenoxy) is 1. The monoisotopic (exact) mass is 179 g/mol. The van der Waals surface area contributed by atoms with Gasteiger partial charge in [0.25, 0.3) is 0 Å². The predicted molar refractivity (Wildman–Crippen MR) is 55.1 cm³/mol. The molecule has 0 bridgehead atoms. The Balaban J connectivity index is 2.56. The molecule has 0 aromatic heterocycles. The van der Waals surface area contributed by atoms with Crippen molar-refractivity contribution in [1.29, 1.82) is 0 Å². The molecule has 13 heavy (non-hydrogen) atoms. The molecule has 72 valence electrons. The van der Waals surface area contributed by atoms with Gasteiger partial charge in [-0.15, -0.1) is 0 Å². The van der Waals surface area contributed by atoms with Crippen molar-refractivity contribution in [3.63, 3.8) is 0 Å². The van der Waals surface area contributed by atoms with E-state index in [4.69, 9.17) is 4.74 Å². The molecule has 1 unspecified atom stereocenters. The van der Waals surface area contributed by atoms with Crippen LogP contribution in [0.2, 0.25) is 0 Å². The van der Waals surface area contributed by atoms with E-state index in [0.29, 0.717) is 5.92 Å². The number of hydrogen-bond donors (Lipinski definition) is 1. The lowest BCUT2D eigenvalue weighted by atomic mass is 10.2. The predicted octanol–water partition coefficient (Wildman–Crippen LogP) is 2.21. The average molecular weight is 179 g/mol. The summed E-state index contributed by atoms with van der Waals surface area (Å²) < 4.78 is 5.58. The largest absolute Gasteiger partial charge is 0.476 e. The van der Waals surface area contributed by atoms with Gasteiger partial charge >= 0.3 is 0 Å². The summed E-state index contributed by atoms with van der Waals surface area (Å²) in [6.07, 6.45) is 10.3. The lowest BCUT2D eigenvalue weighted by Crippen LogP contribution is -2.23. The van der Waals surface area contributed by atoms with Crippen LogP contribution < -0.4 is 5.32 Å². The lowest BCUT2D eigenvalue weighted by Gasteiger charge is -2.13. The first-order chi connectivity index (χ1) is 6.22. The van der Waals surface area contributed by atoms with E-state index in [-0.39, 0.29) is 6.23 Å². The van der Waals surface area contributed by atoms with Gasteiger partial charge in [-0.25, -0.2) is 0 Å². The Morgan fingerprint density at radius 1 is 1.46 bits per heavy atom. The molecule has 2 heteroatoms. The molecule has 0 saturated carbocycles. The van der Waals surface area contributed by atoms with Gasteiger partial charge in [-0.05, 0) is 32.0 Å². The number of hydrogen-bond acceptors (Lipinski definition) is 2. The van der Waals surface area contributed by atoms with Crippen LogP contribution in [-0.4, -0.2) is 13.3 Å². The Bertz CT molecular complexity index is 240. The van der Waals surface area contributed by atoms with E-state index in [0.717, 1.165) is 5.76 Å². The molecule has 0 spiro atoms. The molecule has 0 radical (unpaired) electrons. The van der Waals surface area contributed by atoms with E-state index in [1.807, 2.05) is 32.2 Å². The van der Waals surface area contributed by atoms with Gasteiger partial charge in [0, 0.05) is 0 Å². The summed E-state index contributed by atoms with van der Waals surface area (Å²) in [5, 5.41) is 3.02. The van der Waals surface area contributed by atoms with Crippen LogP contribution in [0.4, 0.5) is 0 Å². The third-order valence-corrected chi connectivity index (χ3v) is 1.96. The van der Waals surface area contributed by atoms with Gasteiger partial charge in [0.15, 0.2) is 0 Å². The zero-order valence-corrected chi connectivity index (χ0v) is 8.45. The van der Waals surface area contributed by atoms with Crippen molar-refractivity contribution in [1.82, 2.24) is 5.32 Å². The van der Waals surface area contributed by atoms with Crippen molar-refractivity contribution in [3.05, 3.63) is 36.1 Å². The summed E-state index contributed by atoms with van der Waals surface area (Å²) in [5.74, 6) is 1.39. The summed E-state index contributed by atoms with van der Waals surface area (Å²) in [7, 11) is 1.88. The smallest absolute Gasteiger partial charge is 0.147 e. The van der Waals surface area contributed by atoms with Crippen molar-refractivity contribution in [3.8, 4) is 0 Å². The van der Waals surface area contributed by atoms with Crippen molar-refractivity contribution in [2.75, 3.05) is 7.05 Å². The van der Waals surface area contributed by atoms with Gasteiger partial charge in [0.1, 0.15) is 12.0 Å². The van der Waals surface area contributed by atoms with E-state index in [1.54, 1.807) is 0 Å². The molecule has 1 N–H and O–H groups in total. The minimum absolute atomic E-state index is 0.0534. The molecule has 0 heterocycles. The molecule has 1 aliphatic rings. The Hall–Kier alpha value is -1.02. The maximum Gasteiger partial charge on any atom is 0.147 e. The van der Waals surface area contributed by atoms with E-state index >= 15 is 0 Å². The van der Waals surface area contributed by atoms with Crippen LogP contribution in [0.25, 0.3) is 0 Å². The molecule has 0 saturated heterocycles. The Labute approximate surface area is 80.0 Å². The van der Waals surface area contributed by atoms with Crippen molar-refractivity contribution >= 4 is 0 Å². The number of rotatable bonds is 3. The van der Waals surface area contributed by atoms with Crippen LogP contribution in [0, 0.1) is 5.92 Å². The first-order valence-electron chi connectivity index (χ1n) is 4.63. The highest BCUT2D eigenvalue weighted by Gasteiger charge is 2.01. The Morgan fingerprint density at radius 3 is 2.92 bits per heavy atom. The van der Waals surface area contributed by atoms with Crippen LogP contribution >= 0.6 is 0 Å². The summed E-state index contributed by atoms with van der Waals surface area (Å²) in [6, 6.07) is 0. The molecule has 0 aliphatic heterocycles. The number of allylic oxidation sites excluding steroid dienone is 5. The highest BCUT2D eigenvalue weighted by Crippen LogP contribution is 2.11. The van der Waals surface area contributed by atoms with Crippen LogP contribution in [-0.2, 0) is 4.74 Å². The first-order valence-corrected chi connectivity index (χ1v) is 4.63. The SMILES string of the molecule is CNC(C)OC1=CC=C[C@H](C)C=C1. The molecule has 0 amide bonds. The molecule has 1 aliphatic carbocycles. The van der Waals surface area contributed by atoms with Gasteiger partial charge in [-0.3, -0.25) is 5.32 Å². The zero-order chi connectivity index (χ0) is 9.68. The third-order valence-electron chi connectivity index (χ3n) is 1.96. The topological polar surface area (TPSA) is 21.3 Å². The normalized spacial score (nSPS) is 23.6. The van der Waals surface area contributed by atoms with Gasteiger partial charge in [0.05, 0.1) is 0 Å². The minimum atomic E-state index is 0.0534. The zero-order valence-electron chi connectivity index (χ0n) is 8.45. The molecule has 2 nitrogen and oxygen atoms in total. The fraction of sp³-hybridized carbons (Fsp3) is 0.455. The van der Waals surface area contributed by atoms with Crippen molar-refractivity contribution < 1.29 is 4.74 Å². The van der Waals surface area contributed by atoms with E-state index in [1.165, 1.54) is 0 Å². The quantitative estimate of drug-likeness (QED) is 0.671. The second-order valence-electron chi connectivity index (χ2n) is 3.22. The molecular formula is C11H17NO. The van der Waals surface area contributed by atoms with E-state index in [2.05, 4.69) is 24.4 Å². The molecule has 2 atom stereocenters. The maximum absolute atomic E-state index is 5.58. The molecule has 1 rings (SSSR count). The lowest BCUT2D eigenvalue weighted by molar-refractivity contribution is 0.118. The Kier molecular flexibility index (Phi) is 3.77.